The van der Waals surface area contributed by atoms with Crippen molar-refractivity contribution in [2.24, 2.45) is 0 Å². The molecular weight excluding hydrogens is 384 g/mol. The van der Waals surface area contributed by atoms with Gasteiger partial charge in [-0.15, -0.1) is 0 Å². The van der Waals surface area contributed by atoms with E-state index in [1.165, 1.54) is 4.57 Å². The third-order valence-electron chi connectivity index (χ3n) is 4.15. The lowest BCUT2D eigenvalue weighted by Gasteiger charge is -2.19. The SMILES string of the molecule is Cc1c[nH]c(=O)n1-c1ccccc1NC(=O)c1ccc(NC(=O)OC(C)(C)C)cc1. The van der Waals surface area contributed by atoms with E-state index in [1.54, 1.807) is 82.4 Å². The molecule has 2 aromatic carbocycles. The normalized spacial score (nSPS) is 11.1. The maximum atomic E-state index is 12.7. The first-order chi connectivity index (χ1) is 14.1. The highest BCUT2D eigenvalue weighted by Gasteiger charge is 2.17. The molecule has 0 aliphatic rings. The van der Waals surface area contributed by atoms with Crippen molar-refractivity contribution in [2.75, 3.05) is 10.6 Å². The van der Waals surface area contributed by atoms with Gasteiger partial charge in [-0.05, 0) is 64.1 Å². The number of nitrogens with zero attached hydrogens (tertiary/aromatic N) is 1. The van der Waals surface area contributed by atoms with E-state index in [1.807, 2.05) is 0 Å². The lowest BCUT2D eigenvalue weighted by Crippen LogP contribution is -2.27. The van der Waals surface area contributed by atoms with E-state index in [9.17, 15) is 14.4 Å². The molecule has 8 nitrogen and oxygen atoms in total. The number of para-hydroxylation sites is 2. The van der Waals surface area contributed by atoms with Crippen molar-refractivity contribution in [3.8, 4) is 5.69 Å². The maximum absolute atomic E-state index is 12.7. The fraction of sp³-hybridized carbons (Fsp3) is 0.227. The fourth-order valence-electron chi connectivity index (χ4n) is 2.85. The highest BCUT2D eigenvalue weighted by Crippen LogP contribution is 2.21. The zero-order chi connectivity index (χ0) is 21.9. The van der Waals surface area contributed by atoms with Crippen LogP contribution in [0.3, 0.4) is 0 Å². The van der Waals surface area contributed by atoms with Crippen LogP contribution in [0.15, 0.2) is 59.5 Å². The lowest BCUT2D eigenvalue weighted by molar-refractivity contribution is 0.0636. The molecule has 0 bridgehead atoms. The number of aromatic nitrogens is 2. The first kappa shape index (κ1) is 20.9. The molecule has 2 amide bonds. The molecule has 0 saturated heterocycles. The largest absolute Gasteiger partial charge is 0.444 e. The molecule has 0 aliphatic heterocycles. The van der Waals surface area contributed by atoms with Crippen LogP contribution < -0.4 is 16.3 Å². The van der Waals surface area contributed by atoms with Crippen molar-refractivity contribution in [1.29, 1.82) is 0 Å². The Kier molecular flexibility index (Phi) is 5.77. The molecule has 1 aromatic heterocycles. The first-order valence-corrected chi connectivity index (χ1v) is 9.42. The molecule has 3 N–H and O–H groups in total. The summed E-state index contributed by atoms with van der Waals surface area (Å²) in [7, 11) is 0. The van der Waals surface area contributed by atoms with Crippen molar-refractivity contribution in [3.63, 3.8) is 0 Å². The minimum atomic E-state index is -0.600. The Morgan fingerprint density at radius 1 is 1.00 bits per heavy atom. The summed E-state index contributed by atoms with van der Waals surface area (Å²) in [6.45, 7) is 7.13. The fourth-order valence-corrected chi connectivity index (χ4v) is 2.85. The van der Waals surface area contributed by atoms with E-state index >= 15 is 0 Å². The highest BCUT2D eigenvalue weighted by molar-refractivity contribution is 6.05. The van der Waals surface area contributed by atoms with Crippen LogP contribution in [0.2, 0.25) is 0 Å². The number of aryl methyl sites for hydroxylation is 1. The number of H-pyrrole nitrogens is 1. The minimum absolute atomic E-state index is 0.285. The lowest BCUT2D eigenvalue weighted by atomic mass is 10.1. The molecule has 156 valence electrons. The van der Waals surface area contributed by atoms with Gasteiger partial charge in [0.2, 0.25) is 0 Å². The number of amides is 2. The summed E-state index contributed by atoms with van der Waals surface area (Å²) in [6.07, 6.45) is 1.04. The molecule has 0 radical (unpaired) electrons. The van der Waals surface area contributed by atoms with Crippen molar-refractivity contribution < 1.29 is 14.3 Å². The molecule has 0 saturated carbocycles. The summed E-state index contributed by atoms with van der Waals surface area (Å²) < 4.78 is 6.70. The Bertz CT molecular complexity index is 1120. The van der Waals surface area contributed by atoms with E-state index in [2.05, 4.69) is 15.6 Å². The maximum Gasteiger partial charge on any atom is 0.412 e. The number of benzene rings is 2. The van der Waals surface area contributed by atoms with Crippen molar-refractivity contribution in [1.82, 2.24) is 9.55 Å². The monoisotopic (exact) mass is 408 g/mol. The first-order valence-electron chi connectivity index (χ1n) is 9.42. The highest BCUT2D eigenvalue weighted by atomic mass is 16.6. The van der Waals surface area contributed by atoms with E-state index in [-0.39, 0.29) is 11.6 Å². The number of carbonyl (C=O) groups is 2. The molecule has 1 heterocycles. The van der Waals surface area contributed by atoms with Gasteiger partial charge in [0.1, 0.15) is 5.60 Å². The van der Waals surface area contributed by atoms with Gasteiger partial charge in [-0.2, -0.15) is 0 Å². The summed E-state index contributed by atoms with van der Waals surface area (Å²) >= 11 is 0. The van der Waals surface area contributed by atoms with Gasteiger partial charge in [0.05, 0.1) is 11.4 Å². The van der Waals surface area contributed by atoms with Gasteiger partial charge in [0, 0.05) is 23.1 Å². The van der Waals surface area contributed by atoms with Gasteiger partial charge < -0.3 is 15.0 Å². The summed E-state index contributed by atoms with van der Waals surface area (Å²) in [5.41, 5.74) is 1.82. The van der Waals surface area contributed by atoms with Crippen LogP contribution in [0.5, 0.6) is 0 Å². The zero-order valence-electron chi connectivity index (χ0n) is 17.3. The number of aromatic amines is 1. The molecule has 0 spiro atoms. The average molecular weight is 408 g/mol. The molecule has 8 heteroatoms. The number of ether oxygens (including phenoxy) is 1. The standard InChI is InChI=1S/C22H24N4O4/c1-14-13-23-20(28)26(14)18-8-6-5-7-17(18)25-19(27)15-9-11-16(12-10-15)24-21(29)30-22(2,3)4/h5-13H,1-4H3,(H,23,28)(H,24,29)(H,25,27). The van der Waals surface area contributed by atoms with Gasteiger partial charge in [-0.1, -0.05) is 12.1 Å². The Balaban J connectivity index is 1.75. The van der Waals surface area contributed by atoms with Crippen LogP contribution in [-0.2, 0) is 4.74 Å². The van der Waals surface area contributed by atoms with Crippen LogP contribution in [0.25, 0.3) is 5.69 Å². The number of imidazole rings is 1. The van der Waals surface area contributed by atoms with Crippen molar-refractivity contribution >= 4 is 23.4 Å². The summed E-state index contributed by atoms with van der Waals surface area (Å²) in [4.78, 5) is 39.3. The van der Waals surface area contributed by atoms with Crippen LogP contribution in [-0.4, -0.2) is 27.2 Å². The Morgan fingerprint density at radius 3 is 2.27 bits per heavy atom. The predicted molar refractivity (Wildman–Crippen MR) is 115 cm³/mol. The second-order valence-corrected chi connectivity index (χ2v) is 7.75. The van der Waals surface area contributed by atoms with Gasteiger partial charge in [0.25, 0.3) is 5.91 Å². The molecule has 0 aliphatic carbocycles. The quantitative estimate of drug-likeness (QED) is 0.605. The van der Waals surface area contributed by atoms with Gasteiger partial charge in [-0.3, -0.25) is 14.7 Å². The second-order valence-electron chi connectivity index (χ2n) is 7.75. The molecule has 0 unspecified atom stereocenters. The predicted octanol–water partition coefficient (Wildman–Crippen LogP) is 4.07. The minimum Gasteiger partial charge on any atom is -0.444 e. The summed E-state index contributed by atoms with van der Waals surface area (Å²) in [6, 6.07) is 13.5. The molecule has 30 heavy (non-hydrogen) atoms. The summed E-state index contributed by atoms with van der Waals surface area (Å²) in [5.74, 6) is -0.340. The van der Waals surface area contributed by atoms with Crippen molar-refractivity contribution in [2.45, 2.75) is 33.3 Å². The number of nitrogens with one attached hydrogen (secondary N) is 3. The number of rotatable bonds is 4. The van der Waals surface area contributed by atoms with Crippen molar-refractivity contribution in [3.05, 3.63) is 76.5 Å². The number of carbonyl (C=O) groups excluding carboxylic acids is 2. The number of anilines is 2. The zero-order valence-corrected chi connectivity index (χ0v) is 17.3. The van der Waals surface area contributed by atoms with Crippen LogP contribution in [0, 0.1) is 6.92 Å². The van der Waals surface area contributed by atoms with Crippen LogP contribution in [0.1, 0.15) is 36.8 Å². The van der Waals surface area contributed by atoms with E-state index in [0.717, 1.165) is 5.69 Å². The molecule has 0 atom stereocenters. The molecule has 3 rings (SSSR count). The van der Waals surface area contributed by atoms with E-state index < -0.39 is 11.7 Å². The summed E-state index contributed by atoms with van der Waals surface area (Å²) in [5, 5.41) is 5.46. The molecular formula is C22H24N4O4. The Morgan fingerprint density at radius 2 is 1.67 bits per heavy atom. The van der Waals surface area contributed by atoms with Crippen LogP contribution >= 0.6 is 0 Å². The van der Waals surface area contributed by atoms with Gasteiger partial charge in [0.15, 0.2) is 0 Å². The van der Waals surface area contributed by atoms with Gasteiger partial charge >= 0.3 is 11.8 Å². The topological polar surface area (TPSA) is 105 Å². The van der Waals surface area contributed by atoms with Crippen LogP contribution in [0.4, 0.5) is 16.2 Å². The van der Waals surface area contributed by atoms with E-state index in [0.29, 0.717) is 22.6 Å². The average Bonchev–Trinajstić information content (AvgIpc) is 2.99. The number of hydrogen-bond acceptors (Lipinski definition) is 4. The van der Waals surface area contributed by atoms with E-state index in [4.69, 9.17) is 4.74 Å². The molecule has 0 fully saturated rings. The third-order valence-corrected chi connectivity index (χ3v) is 4.15. The Hall–Kier alpha value is -3.81. The second kappa shape index (κ2) is 8.28. The molecule has 3 aromatic rings. The smallest absolute Gasteiger partial charge is 0.412 e. The number of hydrogen-bond donors (Lipinski definition) is 3. The van der Waals surface area contributed by atoms with Gasteiger partial charge in [-0.25, -0.2) is 9.59 Å². The third kappa shape index (κ3) is 4.96. The Labute approximate surface area is 173 Å².